The molecule has 104 valence electrons. The second-order valence-electron chi connectivity index (χ2n) is 4.06. The number of carboxylic acids is 1. The number of hydrogen-bond donors (Lipinski definition) is 1. The van der Waals surface area contributed by atoms with Crippen LogP contribution in [0.1, 0.15) is 21.7 Å². The van der Waals surface area contributed by atoms with E-state index >= 15 is 0 Å². The zero-order chi connectivity index (χ0) is 14.7. The molecule has 0 aliphatic carbocycles. The first-order chi connectivity index (χ1) is 9.49. The van der Waals surface area contributed by atoms with Crippen LogP contribution >= 0.6 is 0 Å². The van der Waals surface area contributed by atoms with E-state index in [1.807, 2.05) is 0 Å². The van der Waals surface area contributed by atoms with Crippen LogP contribution in [0.15, 0.2) is 34.9 Å². The Hall–Kier alpha value is -2.83. The van der Waals surface area contributed by atoms with Gasteiger partial charge in [0, 0.05) is 12.1 Å². The fourth-order valence-electron chi connectivity index (χ4n) is 1.70. The van der Waals surface area contributed by atoms with Crippen molar-refractivity contribution in [3.8, 4) is 5.75 Å². The van der Waals surface area contributed by atoms with Crippen molar-refractivity contribution in [2.24, 2.45) is 0 Å². The van der Waals surface area contributed by atoms with Gasteiger partial charge in [0.05, 0.1) is 11.2 Å². The zero-order valence-electron chi connectivity index (χ0n) is 10.5. The highest BCUT2D eigenvalue weighted by Gasteiger charge is 2.15. The maximum Gasteiger partial charge on any atom is 0.339 e. The number of rotatable bonds is 5. The van der Waals surface area contributed by atoms with Gasteiger partial charge >= 0.3 is 5.97 Å². The second-order valence-corrected chi connectivity index (χ2v) is 4.06. The fraction of sp³-hybridized carbons (Fsp3) is 0.154. The van der Waals surface area contributed by atoms with Crippen molar-refractivity contribution < 1.29 is 24.0 Å². The van der Waals surface area contributed by atoms with E-state index in [9.17, 15) is 14.9 Å². The van der Waals surface area contributed by atoms with Crippen LogP contribution in [0.3, 0.4) is 0 Å². The average Bonchev–Trinajstić information content (AvgIpc) is 2.85. The van der Waals surface area contributed by atoms with Gasteiger partial charge in [-0.05, 0) is 24.6 Å². The molecular weight excluding hydrogens is 266 g/mol. The van der Waals surface area contributed by atoms with E-state index in [0.29, 0.717) is 11.3 Å². The highest BCUT2D eigenvalue weighted by Crippen LogP contribution is 2.24. The minimum absolute atomic E-state index is 0.0286. The zero-order valence-corrected chi connectivity index (χ0v) is 10.5. The van der Waals surface area contributed by atoms with Crippen LogP contribution in [0.4, 0.5) is 5.69 Å². The molecule has 0 atom stereocenters. The summed E-state index contributed by atoms with van der Waals surface area (Å²) < 4.78 is 10.5. The number of nitrogens with zero attached hydrogens (tertiary/aromatic N) is 1. The number of aromatic carboxylic acids is 1. The normalized spacial score (nSPS) is 10.2. The summed E-state index contributed by atoms with van der Waals surface area (Å²) in [7, 11) is 0. The molecule has 1 aromatic heterocycles. The third kappa shape index (κ3) is 2.77. The van der Waals surface area contributed by atoms with Crippen LogP contribution in [-0.4, -0.2) is 16.0 Å². The van der Waals surface area contributed by atoms with E-state index in [-0.39, 0.29) is 23.6 Å². The second kappa shape index (κ2) is 5.43. The van der Waals surface area contributed by atoms with Crippen molar-refractivity contribution in [3.63, 3.8) is 0 Å². The van der Waals surface area contributed by atoms with Crippen molar-refractivity contribution in [3.05, 3.63) is 57.5 Å². The van der Waals surface area contributed by atoms with Gasteiger partial charge in [-0.1, -0.05) is 0 Å². The molecule has 7 nitrogen and oxygen atoms in total. The van der Waals surface area contributed by atoms with Crippen LogP contribution in [0.5, 0.6) is 5.75 Å². The highest BCUT2D eigenvalue weighted by molar-refractivity contribution is 5.88. The number of ether oxygens (including phenoxy) is 1. The van der Waals surface area contributed by atoms with Crippen LogP contribution in [0.25, 0.3) is 0 Å². The van der Waals surface area contributed by atoms with E-state index in [1.54, 1.807) is 6.92 Å². The average molecular weight is 277 g/mol. The lowest BCUT2D eigenvalue weighted by atomic mass is 10.2. The summed E-state index contributed by atoms with van der Waals surface area (Å²) in [5.74, 6) is -0.476. The first-order valence-electron chi connectivity index (χ1n) is 5.66. The van der Waals surface area contributed by atoms with Gasteiger partial charge in [-0.3, -0.25) is 10.1 Å². The monoisotopic (exact) mass is 277 g/mol. The molecule has 0 fully saturated rings. The Morgan fingerprint density at radius 1 is 1.45 bits per heavy atom. The minimum atomic E-state index is -1.10. The third-order valence-electron chi connectivity index (χ3n) is 2.70. The number of benzene rings is 1. The molecule has 0 saturated carbocycles. The van der Waals surface area contributed by atoms with Crippen molar-refractivity contribution >= 4 is 11.7 Å². The molecule has 0 saturated heterocycles. The molecule has 1 heterocycles. The Bertz CT molecular complexity index is 661. The fourth-order valence-corrected chi connectivity index (χ4v) is 1.70. The minimum Gasteiger partial charge on any atom is -0.485 e. The number of furan rings is 1. The molecule has 0 aliphatic heterocycles. The summed E-state index contributed by atoms with van der Waals surface area (Å²) in [6, 6.07) is 5.51. The van der Waals surface area contributed by atoms with Crippen LogP contribution in [-0.2, 0) is 6.61 Å². The van der Waals surface area contributed by atoms with Gasteiger partial charge in [-0.2, -0.15) is 0 Å². The van der Waals surface area contributed by atoms with E-state index < -0.39 is 10.9 Å². The number of aryl methyl sites for hydroxylation is 1. The van der Waals surface area contributed by atoms with Crippen molar-refractivity contribution in [1.29, 1.82) is 0 Å². The summed E-state index contributed by atoms with van der Waals surface area (Å²) in [5.41, 5.74) is 0.589. The van der Waals surface area contributed by atoms with Gasteiger partial charge in [-0.15, -0.1) is 0 Å². The number of nitro benzene ring substituents is 1. The van der Waals surface area contributed by atoms with Gasteiger partial charge in [0.2, 0.25) is 0 Å². The lowest BCUT2D eigenvalue weighted by Gasteiger charge is -2.07. The van der Waals surface area contributed by atoms with E-state index in [1.165, 1.54) is 30.5 Å². The summed E-state index contributed by atoms with van der Waals surface area (Å²) in [6.07, 6.45) is 1.27. The number of hydrogen-bond acceptors (Lipinski definition) is 5. The van der Waals surface area contributed by atoms with Crippen LogP contribution in [0, 0.1) is 17.0 Å². The van der Waals surface area contributed by atoms with Gasteiger partial charge in [0.1, 0.15) is 17.9 Å². The first-order valence-corrected chi connectivity index (χ1v) is 5.66. The topological polar surface area (TPSA) is 103 Å². The Morgan fingerprint density at radius 2 is 2.20 bits per heavy atom. The Labute approximate surface area is 113 Å². The molecule has 0 aliphatic rings. The first kappa shape index (κ1) is 13.6. The Kier molecular flexibility index (Phi) is 3.69. The lowest BCUT2D eigenvalue weighted by Crippen LogP contribution is -2.03. The van der Waals surface area contributed by atoms with Gasteiger partial charge in [0.15, 0.2) is 5.76 Å². The van der Waals surface area contributed by atoms with Crippen molar-refractivity contribution in [1.82, 2.24) is 0 Å². The molecule has 2 aromatic rings. The molecule has 20 heavy (non-hydrogen) atoms. The number of carbonyl (C=O) groups is 1. The van der Waals surface area contributed by atoms with Gasteiger partial charge in [0.25, 0.3) is 5.69 Å². The largest absolute Gasteiger partial charge is 0.485 e. The number of non-ortho nitro benzene ring substituents is 1. The van der Waals surface area contributed by atoms with Gasteiger partial charge < -0.3 is 14.3 Å². The maximum absolute atomic E-state index is 10.9. The summed E-state index contributed by atoms with van der Waals surface area (Å²) in [5, 5.41) is 19.5. The summed E-state index contributed by atoms with van der Waals surface area (Å²) in [6.45, 7) is 1.61. The van der Waals surface area contributed by atoms with E-state index in [2.05, 4.69) is 0 Å². The Balaban J connectivity index is 2.13. The molecule has 0 bridgehead atoms. The van der Waals surface area contributed by atoms with Crippen LogP contribution < -0.4 is 4.74 Å². The molecule has 1 aromatic carbocycles. The van der Waals surface area contributed by atoms with Gasteiger partial charge in [-0.25, -0.2) is 4.79 Å². The summed E-state index contributed by atoms with van der Waals surface area (Å²) >= 11 is 0. The molecule has 1 N–H and O–H groups in total. The molecule has 7 heteroatoms. The molecule has 0 unspecified atom stereocenters. The standard InChI is InChI=1S/C13H11NO6/c1-8-6-9(14(17)18)2-3-11(8)20-7-12-10(13(15)16)4-5-19-12/h2-6H,7H2,1H3,(H,15,16). The number of nitro groups is 1. The van der Waals surface area contributed by atoms with E-state index in [4.69, 9.17) is 14.3 Å². The summed E-state index contributed by atoms with van der Waals surface area (Å²) in [4.78, 5) is 21.0. The SMILES string of the molecule is Cc1cc([N+](=O)[O-])ccc1OCc1occc1C(=O)O. The molecule has 0 radical (unpaired) electrons. The smallest absolute Gasteiger partial charge is 0.339 e. The lowest BCUT2D eigenvalue weighted by molar-refractivity contribution is -0.384. The molecule has 0 spiro atoms. The van der Waals surface area contributed by atoms with Crippen molar-refractivity contribution in [2.75, 3.05) is 0 Å². The third-order valence-corrected chi connectivity index (χ3v) is 2.70. The van der Waals surface area contributed by atoms with Crippen LogP contribution in [0.2, 0.25) is 0 Å². The molecule has 0 amide bonds. The predicted octanol–water partition coefficient (Wildman–Crippen LogP) is 2.77. The molecule has 2 rings (SSSR count). The molecular formula is C13H11NO6. The van der Waals surface area contributed by atoms with E-state index in [0.717, 1.165) is 0 Å². The number of carboxylic acid groups (broad SMARTS) is 1. The quantitative estimate of drug-likeness (QED) is 0.665. The maximum atomic E-state index is 10.9. The highest BCUT2D eigenvalue weighted by atomic mass is 16.6. The van der Waals surface area contributed by atoms with Crippen molar-refractivity contribution in [2.45, 2.75) is 13.5 Å². The predicted molar refractivity (Wildman–Crippen MR) is 67.8 cm³/mol. The Morgan fingerprint density at radius 3 is 2.80 bits per heavy atom.